The standard InChI is InChI=1S/C12H19N5O/c1-3-9-16-11(13)7(2)12(17-9)14-6-8-4-5-10(18)15-8/h8H,3-6H2,1-2H3,(H,15,18)(H3,13,14,16,17). The minimum Gasteiger partial charge on any atom is -0.383 e. The van der Waals surface area contributed by atoms with Crippen molar-refractivity contribution < 1.29 is 4.79 Å². The first-order valence-corrected chi connectivity index (χ1v) is 6.26. The van der Waals surface area contributed by atoms with Gasteiger partial charge < -0.3 is 16.4 Å². The van der Waals surface area contributed by atoms with Gasteiger partial charge in [-0.1, -0.05) is 6.92 Å². The van der Waals surface area contributed by atoms with Crippen LogP contribution < -0.4 is 16.4 Å². The van der Waals surface area contributed by atoms with Crippen LogP contribution in [0.15, 0.2) is 0 Å². The highest BCUT2D eigenvalue weighted by atomic mass is 16.1. The first kappa shape index (κ1) is 12.6. The average Bonchev–Trinajstić information content (AvgIpc) is 2.77. The smallest absolute Gasteiger partial charge is 0.220 e. The number of hydrogen-bond acceptors (Lipinski definition) is 5. The van der Waals surface area contributed by atoms with Crippen LogP contribution in [0.4, 0.5) is 11.6 Å². The summed E-state index contributed by atoms with van der Waals surface area (Å²) >= 11 is 0. The Bertz CT molecular complexity index is 460. The Hall–Kier alpha value is -1.85. The van der Waals surface area contributed by atoms with E-state index in [1.807, 2.05) is 13.8 Å². The van der Waals surface area contributed by atoms with Crippen molar-refractivity contribution in [2.45, 2.75) is 39.2 Å². The molecule has 98 valence electrons. The number of aromatic nitrogens is 2. The van der Waals surface area contributed by atoms with Crippen molar-refractivity contribution >= 4 is 17.5 Å². The van der Waals surface area contributed by atoms with Crippen LogP contribution in [0.1, 0.15) is 31.2 Å². The lowest BCUT2D eigenvalue weighted by Crippen LogP contribution is -2.32. The molecule has 18 heavy (non-hydrogen) atoms. The topological polar surface area (TPSA) is 92.9 Å². The Morgan fingerprint density at radius 1 is 1.50 bits per heavy atom. The number of anilines is 2. The van der Waals surface area contributed by atoms with Crippen LogP contribution in [0, 0.1) is 6.92 Å². The molecule has 1 aliphatic heterocycles. The van der Waals surface area contributed by atoms with Gasteiger partial charge >= 0.3 is 0 Å². The minimum absolute atomic E-state index is 0.120. The zero-order chi connectivity index (χ0) is 13.1. The molecule has 6 nitrogen and oxygen atoms in total. The van der Waals surface area contributed by atoms with E-state index in [4.69, 9.17) is 5.73 Å². The van der Waals surface area contributed by atoms with Gasteiger partial charge in [0.15, 0.2) is 0 Å². The first-order chi connectivity index (χ1) is 8.60. The monoisotopic (exact) mass is 249 g/mol. The Morgan fingerprint density at radius 3 is 2.89 bits per heavy atom. The van der Waals surface area contributed by atoms with Crippen LogP contribution in [-0.4, -0.2) is 28.5 Å². The number of rotatable bonds is 4. The van der Waals surface area contributed by atoms with E-state index >= 15 is 0 Å². The van der Waals surface area contributed by atoms with Crippen molar-refractivity contribution in [1.82, 2.24) is 15.3 Å². The van der Waals surface area contributed by atoms with E-state index in [1.54, 1.807) is 0 Å². The number of aryl methyl sites for hydroxylation is 1. The van der Waals surface area contributed by atoms with E-state index in [-0.39, 0.29) is 11.9 Å². The molecule has 0 aromatic carbocycles. The molecule has 1 amide bonds. The van der Waals surface area contributed by atoms with Crippen LogP contribution in [0.5, 0.6) is 0 Å². The number of nitrogen functional groups attached to an aromatic ring is 1. The number of hydrogen-bond donors (Lipinski definition) is 3. The summed E-state index contributed by atoms with van der Waals surface area (Å²) in [6, 6.07) is 0.179. The van der Waals surface area contributed by atoms with Gasteiger partial charge in [0.1, 0.15) is 17.5 Å². The zero-order valence-corrected chi connectivity index (χ0v) is 10.8. The molecule has 2 heterocycles. The SMILES string of the molecule is CCc1nc(N)c(C)c(NCC2CCC(=O)N2)n1. The minimum atomic E-state index is 0.120. The molecule has 0 radical (unpaired) electrons. The third-order valence-corrected chi connectivity index (χ3v) is 3.15. The molecule has 4 N–H and O–H groups in total. The second-order valence-corrected chi connectivity index (χ2v) is 4.54. The molecule has 6 heteroatoms. The molecule has 1 unspecified atom stereocenters. The van der Waals surface area contributed by atoms with Crippen molar-refractivity contribution in [2.24, 2.45) is 0 Å². The zero-order valence-electron chi connectivity index (χ0n) is 10.8. The van der Waals surface area contributed by atoms with Gasteiger partial charge in [0.2, 0.25) is 5.91 Å². The number of amides is 1. The fraction of sp³-hybridized carbons (Fsp3) is 0.583. The largest absolute Gasteiger partial charge is 0.383 e. The summed E-state index contributed by atoms with van der Waals surface area (Å²) in [5, 5.41) is 6.16. The molecule has 0 saturated carbocycles. The van der Waals surface area contributed by atoms with Crippen LogP contribution in [0.3, 0.4) is 0 Å². The van der Waals surface area contributed by atoms with E-state index in [1.165, 1.54) is 0 Å². The highest BCUT2D eigenvalue weighted by molar-refractivity contribution is 5.78. The molecule has 0 bridgehead atoms. The van der Waals surface area contributed by atoms with Gasteiger partial charge in [0.25, 0.3) is 0 Å². The van der Waals surface area contributed by atoms with E-state index < -0.39 is 0 Å². The molecule has 0 spiro atoms. The van der Waals surface area contributed by atoms with E-state index in [0.717, 1.165) is 30.0 Å². The summed E-state index contributed by atoms with van der Waals surface area (Å²) in [6.07, 6.45) is 2.23. The van der Waals surface area contributed by atoms with E-state index in [2.05, 4.69) is 20.6 Å². The average molecular weight is 249 g/mol. The predicted molar refractivity (Wildman–Crippen MR) is 70.2 cm³/mol. The summed E-state index contributed by atoms with van der Waals surface area (Å²) in [6.45, 7) is 4.56. The summed E-state index contributed by atoms with van der Waals surface area (Å²) in [4.78, 5) is 19.7. The third kappa shape index (κ3) is 2.69. The third-order valence-electron chi connectivity index (χ3n) is 3.15. The summed E-state index contributed by atoms with van der Waals surface area (Å²) in [5.74, 6) is 2.13. The van der Waals surface area contributed by atoms with Gasteiger partial charge in [-0.15, -0.1) is 0 Å². The lowest BCUT2D eigenvalue weighted by Gasteiger charge is -2.14. The maximum atomic E-state index is 11.1. The first-order valence-electron chi connectivity index (χ1n) is 6.26. The number of nitrogens with one attached hydrogen (secondary N) is 2. The Balaban J connectivity index is 2.04. The van der Waals surface area contributed by atoms with Crippen molar-refractivity contribution in [3.05, 3.63) is 11.4 Å². The van der Waals surface area contributed by atoms with Crippen LogP contribution in [0.25, 0.3) is 0 Å². The second kappa shape index (κ2) is 5.20. The maximum absolute atomic E-state index is 11.1. The van der Waals surface area contributed by atoms with E-state index in [9.17, 15) is 4.79 Å². The van der Waals surface area contributed by atoms with Gasteiger partial charge in [0.05, 0.1) is 0 Å². The van der Waals surface area contributed by atoms with Crippen molar-refractivity contribution in [3.8, 4) is 0 Å². The molecule has 1 aliphatic rings. The van der Waals surface area contributed by atoms with Gasteiger partial charge in [-0.3, -0.25) is 4.79 Å². The summed E-state index contributed by atoms with van der Waals surface area (Å²) in [5.41, 5.74) is 6.70. The molecule has 1 aromatic rings. The second-order valence-electron chi connectivity index (χ2n) is 4.54. The van der Waals surface area contributed by atoms with Crippen molar-refractivity contribution in [2.75, 3.05) is 17.6 Å². The van der Waals surface area contributed by atoms with Crippen LogP contribution in [0.2, 0.25) is 0 Å². The Kier molecular flexibility index (Phi) is 3.64. The molecule has 1 fully saturated rings. The number of nitrogens with two attached hydrogens (primary N) is 1. The number of carbonyl (C=O) groups is 1. The highest BCUT2D eigenvalue weighted by Crippen LogP contribution is 2.18. The number of carbonyl (C=O) groups excluding carboxylic acids is 1. The van der Waals surface area contributed by atoms with Crippen molar-refractivity contribution in [1.29, 1.82) is 0 Å². The van der Waals surface area contributed by atoms with Gasteiger partial charge in [-0.25, -0.2) is 9.97 Å². The Labute approximate surface area is 106 Å². The maximum Gasteiger partial charge on any atom is 0.220 e. The fourth-order valence-electron chi connectivity index (χ4n) is 1.96. The molecule has 0 aliphatic carbocycles. The predicted octanol–water partition coefficient (Wildman–Crippen LogP) is 0.620. The highest BCUT2D eigenvalue weighted by Gasteiger charge is 2.20. The van der Waals surface area contributed by atoms with Crippen LogP contribution >= 0.6 is 0 Å². The lowest BCUT2D eigenvalue weighted by molar-refractivity contribution is -0.119. The Morgan fingerprint density at radius 2 is 2.28 bits per heavy atom. The lowest BCUT2D eigenvalue weighted by atomic mass is 10.2. The quantitative estimate of drug-likeness (QED) is 0.727. The normalized spacial score (nSPS) is 18.8. The molecule has 1 atom stereocenters. The van der Waals surface area contributed by atoms with E-state index in [0.29, 0.717) is 18.8 Å². The van der Waals surface area contributed by atoms with Crippen LogP contribution in [-0.2, 0) is 11.2 Å². The molecular formula is C12H19N5O. The molecule has 1 saturated heterocycles. The number of nitrogens with zero attached hydrogens (tertiary/aromatic N) is 2. The fourth-order valence-corrected chi connectivity index (χ4v) is 1.96. The van der Waals surface area contributed by atoms with Gasteiger partial charge in [0, 0.05) is 31.0 Å². The molecular weight excluding hydrogens is 230 g/mol. The molecule has 1 aromatic heterocycles. The van der Waals surface area contributed by atoms with Gasteiger partial charge in [-0.05, 0) is 13.3 Å². The summed E-state index contributed by atoms with van der Waals surface area (Å²) < 4.78 is 0. The summed E-state index contributed by atoms with van der Waals surface area (Å²) in [7, 11) is 0. The van der Waals surface area contributed by atoms with Crippen molar-refractivity contribution in [3.63, 3.8) is 0 Å². The van der Waals surface area contributed by atoms with Gasteiger partial charge in [-0.2, -0.15) is 0 Å². The molecule has 2 rings (SSSR count).